The summed E-state index contributed by atoms with van der Waals surface area (Å²) in [4.78, 5) is 31.8. The predicted molar refractivity (Wildman–Crippen MR) is 134 cm³/mol. The number of methoxy groups -OCH3 is 1. The Bertz CT molecular complexity index is 1360. The van der Waals surface area contributed by atoms with Crippen LogP contribution in [-0.2, 0) is 17.6 Å². The first kappa shape index (κ1) is 21.6. The molecule has 6 nitrogen and oxygen atoms in total. The molecule has 1 aliphatic rings. The molecule has 3 aromatic heterocycles. The summed E-state index contributed by atoms with van der Waals surface area (Å²) >= 11 is 2.58. The molecule has 0 fully saturated rings. The lowest BCUT2D eigenvalue weighted by Gasteiger charge is -2.07. The van der Waals surface area contributed by atoms with Gasteiger partial charge in [0.2, 0.25) is 0 Å². The number of anilines is 2. The summed E-state index contributed by atoms with van der Waals surface area (Å²) in [5, 5.41) is 6.01. The van der Waals surface area contributed by atoms with E-state index in [9.17, 15) is 9.59 Å². The fraction of sp³-hybridized carbons (Fsp3) is 0.240. The number of nitrogen functional groups attached to an aromatic ring is 1. The second kappa shape index (κ2) is 8.96. The van der Waals surface area contributed by atoms with E-state index in [0.717, 1.165) is 52.7 Å². The third-order valence-corrected chi connectivity index (χ3v) is 7.96. The first-order valence-corrected chi connectivity index (χ1v) is 12.5. The van der Waals surface area contributed by atoms with Crippen molar-refractivity contribution < 1.29 is 14.3 Å². The number of aromatic nitrogens is 1. The topological polar surface area (TPSA) is 94.3 Å². The summed E-state index contributed by atoms with van der Waals surface area (Å²) in [5.41, 5.74) is 11.1. The molecule has 5 rings (SSSR count). The number of nitrogens with zero attached hydrogens (tertiary/aromatic N) is 1. The molecule has 1 amide bonds. The molecule has 168 valence electrons. The summed E-state index contributed by atoms with van der Waals surface area (Å²) in [6.45, 7) is 0. The van der Waals surface area contributed by atoms with Crippen LogP contribution in [0.5, 0.6) is 0 Å². The van der Waals surface area contributed by atoms with E-state index in [-0.39, 0.29) is 5.91 Å². The molecule has 3 N–H and O–H groups in total. The minimum atomic E-state index is -0.500. The Morgan fingerprint density at radius 3 is 2.70 bits per heavy atom. The first-order chi connectivity index (χ1) is 16.1. The van der Waals surface area contributed by atoms with Crippen LogP contribution in [0, 0.1) is 0 Å². The summed E-state index contributed by atoms with van der Waals surface area (Å²) < 4.78 is 5.01. The molecule has 3 heterocycles. The van der Waals surface area contributed by atoms with Crippen LogP contribution in [0.3, 0.4) is 0 Å². The molecule has 0 bridgehead atoms. The second-order valence-corrected chi connectivity index (χ2v) is 9.90. The molecular formula is C25H23N3O3S2. The second-order valence-electron chi connectivity index (χ2n) is 8.02. The van der Waals surface area contributed by atoms with E-state index >= 15 is 0 Å². The van der Waals surface area contributed by atoms with Crippen LogP contribution in [0.1, 0.15) is 50.5 Å². The van der Waals surface area contributed by atoms with Gasteiger partial charge in [-0.05, 0) is 42.9 Å². The van der Waals surface area contributed by atoms with Gasteiger partial charge in [-0.15, -0.1) is 22.7 Å². The van der Waals surface area contributed by atoms with Gasteiger partial charge in [-0.2, -0.15) is 0 Å². The maximum atomic E-state index is 13.2. The molecule has 0 atom stereocenters. The zero-order valence-electron chi connectivity index (χ0n) is 18.1. The van der Waals surface area contributed by atoms with Gasteiger partial charge in [0.1, 0.15) is 20.3 Å². The van der Waals surface area contributed by atoms with Crippen molar-refractivity contribution in [3.05, 3.63) is 63.5 Å². The molecule has 0 saturated carbocycles. The molecule has 0 radical (unpaired) electrons. The number of nitrogens with two attached hydrogens (primary N) is 1. The van der Waals surface area contributed by atoms with Gasteiger partial charge in [0.05, 0.1) is 12.8 Å². The van der Waals surface area contributed by atoms with Crippen molar-refractivity contribution in [1.29, 1.82) is 0 Å². The number of esters is 1. The smallest absolute Gasteiger partial charge is 0.341 e. The Labute approximate surface area is 199 Å². The van der Waals surface area contributed by atoms with Gasteiger partial charge in [-0.25, -0.2) is 9.78 Å². The number of hydrogen-bond donors (Lipinski definition) is 2. The SMILES string of the molecule is COC(=O)c1c(-c2ccccc2)csc1NC(=O)c1sc2nc3c(cc2c1N)CCCCC3. The molecule has 0 aliphatic heterocycles. The van der Waals surface area contributed by atoms with Gasteiger partial charge in [0.25, 0.3) is 5.91 Å². The molecule has 0 saturated heterocycles. The van der Waals surface area contributed by atoms with E-state index in [4.69, 9.17) is 15.5 Å². The van der Waals surface area contributed by atoms with Crippen molar-refractivity contribution in [2.24, 2.45) is 0 Å². The van der Waals surface area contributed by atoms with Crippen molar-refractivity contribution in [3.8, 4) is 11.1 Å². The number of carbonyl (C=O) groups is 2. The highest BCUT2D eigenvalue weighted by molar-refractivity contribution is 7.21. The lowest BCUT2D eigenvalue weighted by Crippen LogP contribution is -2.14. The molecular weight excluding hydrogens is 454 g/mol. The minimum absolute atomic E-state index is 0.339. The van der Waals surface area contributed by atoms with Gasteiger partial charge in [-0.3, -0.25) is 4.79 Å². The molecule has 8 heteroatoms. The number of aryl methyl sites for hydroxylation is 2. The number of thiophene rings is 2. The molecule has 0 unspecified atom stereocenters. The van der Waals surface area contributed by atoms with E-state index in [1.165, 1.54) is 41.8 Å². The Kier molecular flexibility index (Phi) is 5.86. The highest BCUT2D eigenvalue weighted by Crippen LogP contribution is 2.39. The quantitative estimate of drug-likeness (QED) is 0.281. The summed E-state index contributed by atoms with van der Waals surface area (Å²) in [6, 6.07) is 11.6. The number of benzene rings is 1. The lowest BCUT2D eigenvalue weighted by atomic mass is 10.0. The summed E-state index contributed by atoms with van der Waals surface area (Å²) in [6.07, 6.45) is 5.45. The molecule has 4 aromatic rings. The highest BCUT2D eigenvalue weighted by Gasteiger charge is 2.25. The van der Waals surface area contributed by atoms with E-state index in [0.29, 0.717) is 21.1 Å². The third-order valence-electron chi connectivity index (χ3n) is 5.95. The minimum Gasteiger partial charge on any atom is -0.465 e. The van der Waals surface area contributed by atoms with Gasteiger partial charge in [0, 0.05) is 22.0 Å². The number of hydrogen-bond acceptors (Lipinski definition) is 7. The van der Waals surface area contributed by atoms with Gasteiger partial charge >= 0.3 is 5.97 Å². The first-order valence-electron chi connectivity index (χ1n) is 10.8. The van der Waals surface area contributed by atoms with E-state index in [2.05, 4.69) is 11.4 Å². The lowest BCUT2D eigenvalue weighted by molar-refractivity contribution is 0.0603. The van der Waals surface area contributed by atoms with Gasteiger partial charge in [-0.1, -0.05) is 36.8 Å². The number of ether oxygens (including phenoxy) is 1. The van der Waals surface area contributed by atoms with Crippen molar-refractivity contribution in [2.45, 2.75) is 32.1 Å². The molecule has 0 spiro atoms. The van der Waals surface area contributed by atoms with Crippen LogP contribution < -0.4 is 11.1 Å². The van der Waals surface area contributed by atoms with Crippen LogP contribution in [0.4, 0.5) is 10.7 Å². The number of amides is 1. The molecule has 1 aliphatic carbocycles. The van der Waals surface area contributed by atoms with Crippen molar-refractivity contribution in [3.63, 3.8) is 0 Å². The van der Waals surface area contributed by atoms with Crippen molar-refractivity contribution in [2.75, 3.05) is 18.2 Å². The predicted octanol–water partition coefficient (Wildman–Crippen LogP) is 5.91. The standard InChI is InChI=1S/C25H23N3O3S2/c1-31-25(30)19-17(14-8-4-2-5-9-14)13-32-24(19)28-22(29)21-20(26)16-12-15-10-6-3-7-11-18(15)27-23(16)33-21/h2,4-5,8-9,12-13H,3,6-7,10-11,26H2,1H3,(H,28,29). The Morgan fingerprint density at radius 2 is 1.91 bits per heavy atom. The average Bonchev–Trinajstić information content (AvgIpc) is 3.30. The van der Waals surface area contributed by atoms with Gasteiger partial charge in [0.15, 0.2) is 0 Å². The highest BCUT2D eigenvalue weighted by atomic mass is 32.1. The van der Waals surface area contributed by atoms with Crippen molar-refractivity contribution in [1.82, 2.24) is 4.98 Å². The molecule has 33 heavy (non-hydrogen) atoms. The summed E-state index contributed by atoms with van der Waals surface area (Å²) in [5.74, 6) is -0.850. The number of rotatable bonds is 4. The number of pyridine rings is 1. The van der Waals surface area contributed by atoms with Crippen molar-refractivity contribution >= 4 is 55.5 Å². The largest absolute Gasteiger partial charge is 0.465 e. The number of nitrogens with one attached hydrogen (secondary N) is 1. The van der Waals surface area contributed by atoms with E-state index in [1.54, 1.807) is 0 Å². The number of carbonyl (C=O) groups excluding carboxylic acids is 2. The van der Waals surface area contributed by atoms with Crippen LogP contribution in [0.25, 0.3) is 21.3 Å². The Balaban J connectivity index is 1.50. The summed E-state index contributed by atoms with van der Waals surface area (Å²) in [7, 11) is 1.33. The Hall–Kier alpha value is -3.23. The third kappa shape index (κ3) is 4.00. The zero-order chi connectivity index (χ0) is 22.9. The van der Waals surface area contributed by atoms with Crippen LogP contribution in [-0.4, -0.2) is 24.0 Å². The molecule has 1 aromatic carbocycles. The fourth-order valence-corrected chi connectivity index (χ4v) is 6.19. The number of fused-ring (bicyclic) bond motifs is 2. The fourth-order valence-electron chi connectivity index (χ4n) is 4.25. The maximum Gasteiger partial charge on any atom is 0.341 e. The monoisotopic (exact) mass is 477 g/mol. The maximum absolute atomic E-state index is 13.2. The zero-order valence-corrected chi connectivity index (χ0v) is 19.8. The van der Waals surface area contributed by atoms with E-state index < -0.39 is 5.97 Å². The van der Waals surface area contributed by atoms with Gasteiger partial charge < -0.3 is 15.8 Å². The van der Waals surface area contributed by atoms with Crippen LogP contribution >= 0.6 is 22.7 Å². The van der Waals surface area contributed by atoms with Crippen LogP contribution in [0.2, 0.25) is 0 Å². The van der Waals surface area contributed by atoms with E-state index in [1.807, 2.05) is 35.7 Å². The normalized spacial score (nSPS) is 13.4. The van der Waals surface area contributed by atoms with Crippen LogP contribution in [0.15, 0.2) is 41.8 Å². The Morgan fingerprint density at radius 1 is 1.12 bits per heavy atom. The average molecular weight is 478 g/mol.